The van der Waals surface area contributed by atoms with Crippen molar-refractivity contribution in [3.8, 4) is 0 Å². The Balaban J connectivity index is 1.93. The largest absolute Gasteiger partial charge is 0.480 e. The van der Waals surface area contributed by atoms with Crippen LogP contribution in [0.25, 0.3) is 0 Å². The molecule has 6 heteroatoms. The molecule has 0 bridgehead atoms. The van der Waals surface area contributed by atoms with Crippen molar-refractivity contribution in [2.45, 2.75) is 32.9 Å². The zero-order valence-corrected chi connectivity index (χ0v) is 12.3. The van der Waals surface area contributed by atoms with E-state index in [2.05, 4.69) is 30.0 Å². The minimum atomic E-state index is -0.740. The maximum Gasteiger partial charge on any atom is 0.317 e. The predicted molar refractivity (Wildman–Crippen MR) is 76.6 cm³/mol. The van der Waals surface area contributed by atoms with Crippen LogP contribution in [0.3, 0.4) is 0 Å². The molecule has 1 aliphatic rings. The van der Waals surface area contributed by atoms with Gasteiger partial charge in [0.2, 0.25) is 0 Å². The maximum atomic E-state index is 10.8. The van der Waals surface area contributed by atoms with E-state index in [1.54, 1.807) is 0 Å². The number of hydrogen-bond acceptors (Lipinski definition) is 4. The first-order chi connectivity index (χ1) is 9.60. The van der Waals surface area contributed by atoms with Gasteiger partial charge in [-0.2, -0.15) is 5.10 Å². The van der Waals surface area contributed by atoms with E-state index < -0.39 is 5.97 Å². The molecule has 0 amide bonds. The minimum Gasteiger partial charge on any atom is -0.480 e. The van der Waals surface area contributed by atoms with Gasteiger partial charge >= 0.3 is 5.97 Å². The Hall–Kier alpha value is -1.40. The first kappa shape index (κ1) is 15.0. The van der Waals surface area contributed by atoms with Gasteiger partial charge in [-0.05, 0) is 20.3 Å². The molecule has 1 aromatic rings. The van der Waals surface area contributed by atoms with Crippen LogP contribution < -0.4 is 0 Å². The Morgan fingerprint density at radius 3 is 2.85 bits per heavy atom. The van der Waals surface area contributed by atoms with Crippen molar-refractivity contribution in [1.29, 1.82) is 0 Å². The Morgan fingerprint density at radius 1 is 1.40 bits per heavy atom. The molecule has 2 rings (SSSR count). The van der Waals surface area contributed by atoms with Crippen LogP contribution in [0.15, 0.2) is 12.4 Å². The van der Waals surface area contributed by atoms with Gasteiger partial charge in [-0.15, -0.1) is 0 Å². The standard InChI is InChI=1S/C14H24N4O2/c1-3-18-10-13(9-15-18)12(2)17-6-4-5-16(7-8-17)11-14(19)20/h9-10,12H,3-8,11H2,1-2H3,(H,19,20). The molecule has 6 nitrogen and oxygen atoms in total. The molecule has 0 radical (unpaired) electrons. The van der Waals surface area contributed by atoms with Crippen molar-refractivity contribution < 1.29 is 9.90 Å². The third-order valence-electron chi connectivity index (χ3n) is 3.99. The van der Waals surface area contributed by atoms with Gasteiger partial charge in [0.25, 0.3) is 0 Å². The summed E-state index contributed by atoms with van der Waals surface area (Å²) in [5.74, 6) is -0.740. The van der Waals surface area contributed by atoms with Crippen LogP contribution in [-0.2, 0) is 11.3 Å². The van der Waals surface area contributed by atoms with E-state index in [-0.39, 0.29) is 6.54 Å². The fourth-order valence-electron chi connectivity index (χ4n) is 2.71. The third kappa shape index (κ3) is 3.80. The van der Waals surface area contributed by atoms with Crippen molar-refractivity contribution >= 4 is 5.97 Å². The van der Waals surface area contributed by atoms with Crippen molar-refractivity contribution in [3.63, 3.8) is 0 Å². The van der Waals surface area contributed by atoms with Crippen molar-refractivity contribution in [3.05, 3.63) is 18.0 Å². The molecule has 1 aromatic heterocycles. The average molecular weight is 280 g/mol. The summed E-state index contributed by atoms with van der Waals surface area (Å²) in [7, 11) is 0. The van der Waals surface area contributed by atoms with Crippen LogP contribution in [0.2, 0.25) is 0 Å². The van der Waals surface area contributed by atoms with Crippen molar-refractivity contribution in [2.75, 3.05) is 32.7 Å². The number of hydrogen-bond donors (Lipinski definition) is 1. The molecular formula is C14H24N4O2. The molecule has 112 valence electrons. The zero-order valence-electron chi connectivity index (χ0n) is 12.3. The van der Waals surface area contributed by atoms with Gasteiger partial charge < -0.3 is 5.11 Å². The Labute approximate surface area is 120 Å². The SMILES string of the molecule is CCn1cc(C(C)N2CCCN(CC(=O)O)CC2)cn1. The van der Waals surface area contributed by atoms with Gasteiger partial charge in [-0.1, -0.05) is 0 Å². The molecular weight excluding hydrogens is 256 g/mol. The number of aromatic nitrogens is 2. The van der Waals surface area contributed by atoms with Crippen LogP contribution >= 0.6 is 0 Å². The fourth-order valence-corrected chi connectivity index (χ4v) is 2.71. The normalized spacial score (nSPS) is 19.7. The third-order valence-corrected chi connectivity index (χ3v) is 3.99. The van der Waals surface area contributed by atoms with Crippen molar-refractivity contribution in [2.24, 2.45) is 0 Å². The van der Waals surface area contributed by atoms with Gasteiger partial charge in [0.1, 0.15) is 0 Å². The van der Waals surface area contributed by atoms with E-state index in [1.807, 2.05) is 15.8 Å². The van der Waals surface area contributed by atoms with Crippen LogP contribution in [0.4, 0.5) is 0 Å². The molecule has 1 N–H and O–H groups in total. The highest BCUT2D eigenvalue weighted by Crippen LogP contribution is 2.21. The van der Waals surface area contributed by atoms with Crippen LogP contribution in [-0.4, -0.2) is 63.4 Å². The smallest absolute Gasteiger partial charge is 0.317 e. The summed E-state index contributed by atoms with van der Waals surface area (Å²) in [6, 6.07) is 0.333. The fraction of sp³-hybridized carbons (Fsp3) is 0.714. The minimum absolute atomic E-state index is 0.149. The topological polar surface area (TPSA) is 61.6 Å². The molecule has 0 spiro atoms. The van der Waals surface area contributed by atoms with Crippen molar-refractivity contribution in [1.82, 2.24) is 19.6 Å². The van der Waals surface area contributed by atoms with Gasteiger partial charge in [-0.3, -0.25) is 19.3 Å². The molecule has 0 aliphatic carbocycles. The number of carboxylic acids is 1. The molecule has 2 heterocycles. The van der Waals surface area contributed by atoms with E-state index in [9.17, 15) is 4.79 Å². The lowest BCUT2D eigenvalue weighted by Crippen LogP contribution is -2.34. The molecule has 1 fully saturated rings. The molecule has 0 aromatic carbocycles. The lowest BCUT2D eigenvalue weighted by Gasteiger charge is -2.27. The molecule has 1 unspecified atom stereocenters. The van der Waals surface area contributed by atoms with Gasteiger partial charge in [0.05, 0.1) is 12.7 Å². The summed E-state index contributed by atoms with van der Waals surface area (Å²) in [6.45, 7) is 8.92. The molecule has 20 heavy (non-hydrogen) atoms. The Kier molecular flexibility index (Phi) is 5.14. The lowest BCUT2D eigenvalue weighted by atomic mass is 10.1. The number of nitrogens with zero attached hydrogens (tertiary/aromatic N) is 4. The monoisotopic (exact) mass is 280 g/mol. The average Bonchev–Trinajstić information content (AvgIpc) is 2.78. The molecule has 0 saturated carbocycles. The molecule has 1 atom stereocenters. The maximum absolute atomic E-state index is 10.8. The Bertz CT molecular complexity index is 446. The summed E-state index contributed by atoms with van der Waals surface area (Å²) in [6.07, 6.45) is 5.05. The van der Waals surface area contributed by atoms with E-state index in [1.165, 1.54) is 5.56 Å². The summed E-state index contributed by atoms with van der Waals surface area (Å²) in [5, 5.41) is 13.2. The second-order valence-corrected chi connectivity index (χ2v) is 5.36. The molecule has 1 saturated heterocycles. The highest BCUT2D eigenvalue weighted by Gasteiger charge is 2.21. The Morgan fingerprint density at radius 2 is 2.20 bits per heavy atom. The van der Waals surface area contributed by atoms with Gasteiger partial charge in [-0.25, -0.2) is 0 Å². The predicted octanol–water partition coefficient (Wildman–Crippen LogP) is 1.06. The number of aryl methyl sites for hydroxylation is 1. The second-order valence-electron chi connectivity index (χ2n) is 5.36. The van der Waals surface area contributed by atoms with Crippen LogP contribution in [0.1, 0.15) is 31.9 Å². The summed E-state index contributed by atoms with van der Waals surface area (Å²) < 4.78 is 1.94. The summed E-state index contributed by atoms with van der Waals surface area (Å²) in [5.41, 5.74) is 1.23. The quantitative estimate of drug-likeness (QED) is 0.874. The number of carbonyl (C=O) groups is 1. The highest BCUT2D eigenvalue weighted by molar-refractivity contribution is 5.69. The van der Waals surface area contributed by atoms with Crippen LogP contribution in [0.5, 0.6) is 0 Å². The first-order valence-electron chi connectivity index (χ1n) is 7.30. The van der Waals surface area contributed by atoms with E-state index >= 15 is 0 Å². The number of rotatable bonds is 5. The summed E-state index contributed by atoms with van der Waals surface area (Å²) in [4.78, 5) is 15.2. The van der Waals surface area contributed by atoms with E-state index in [4.69, 9.17) is 5.11 Å². The number of aliphatic carboxylic acids is 1. The first-order valence-corrected chi connectivity index (χ1v) is 7.30. The van der Waals surface area contributed by atoms with Gasteiger partial charge in [0, 0.05) is 50.5 Å². The zero-order chi connectivity index (χ0) is 14.5. The van der Waals surface area contributed by atoms with Gasteiger partial charge in [0.15, 0.2) is 0 Å². The second kappa shape index (κ2) is 6.85. The van der Waals surface area contributed by atoms with E-state index in [0.717, 1.165) is 39.1 Å². The number of carboxylic acid groups (broad SMARTS) is 1. The van der Waals surface area contributed by atoms with Crippen LogP contribution in [0, 0.1) is 0 Å². The molecule has 1 aliphatic heterocycles. The van der Waals surface area contributed by atoms with E-state index in [0.29, 0.717) is 6.04 Å². The highest BCUT2D eigenvalue weighted by atomic mass is 16.4. The lowest BCUT2D eigenvalue weighted by molar-refractivity contribution is -0.138. The summed E-state index contributed by atoms with van der Waals surface area (Å²) >= 11 is 0.